The molecule has 13 heavy (non-hydrogen) atoms. The lowest BCUT2D eigenvalue weighted by Gasteiger charge is -2.18. The lowest BCUT2D eigenvalue weighted by Crippen LogP contribution is -2.52. The molecular formula is C7H9N5O. The number of nitrogens with zero attached hydrogens (tertiary/aromatic N) is 3. The summed E-state index contributed by atoms with van der Waals surface area (Å²) in [7, 11) is 0. The minimum absolute atomic E-state index is 0.120. The predicted molar refractivity (Wildman–Crippen MR) is 48.4 cm³/mol. The molecule has 0 aromatic carbocycles. The average molecular weight is 179 g/mol. The summed E-state index contributed by atoms with van der Waals surface area (Å²) in [6, 6.07) is 3.38. The van der Waals surface area contributed by atoms with E-state index in [0.717, 1.165) is 5.56 Å². The predicted octanol–water partition coefficient (Wildman–Crippen LogP) is -0.939. The molecule has 0 unspecified atom stereocenters. The van der Waals surface area contributed by atoms with Gasteiger partial charge in [-0.25, -0.2) is 0 Å². The number of aromatic nitrogens is 1. The fraction of sp³-hybridized carbons (Fsp3) is 0.143. The Labute approximate surface area is 74.4 Å². The molecule has 0 atom stereocenters. The highest BCUT2D eigenvalue weighted by molar-refractivity contribution is 5.56. The molecule has 2 heterocycles. The number of hydrazine groups is 2. The van der Waals surface area contributed by atoms with Crippen molar-refractivity contribution in [1.29, 1.82) is 0 Å². The highest BCUT2D eigenvalue weighted by Gasteiger charge is 2.07. The molecule has 0 spiro atoms. The molecule has 68 valence electrons. The van der Waals surface area contributed by atoms with Gasteiger partial charge in [0.25, 0.3) is 5.56 Å². The first-order chi connectivity index (χ1) is 6.27. The van der Waals surface area contributed by atoms with Crippen molar-refractivity contribution in [3.05, 3.63) is 34.2 Å². The second-order valence-corrected chi connectivity index (χ2v) is 2.69. The fourth-order valence-corrected chi connectivity index (χ4v) is 1.04. The summed E-state index contributed by atoms with van der Waals surface area (Å²) in [4.78, 5) is 11.4. The third-order valence-corrected chi connectivity index (χ3v) is 1.67. The zero-order chi connectivity index (χ0) is 9.26. The number of hydrogen-bond acceptors (Lipinski definition) is 5. The normalized spacial score (nSPS) is 14.1. The van der Waals surface area contributed by atoms with E-state index < -0.39 is 0 Å². The summed E-state index contributed by atoms with van der Waals surface area (Å²) in [5, 5.41) is 5.06. The third-order valence-electron chi connectivity index (χ3n) is 1.67. The van der Waals surface area contributed by atoms with Gasteiger partial charge in [0.1, 0.15) is 6.34 Å². The Morgan fingerprint density at radius 3 is 3.00 bits per heavy atom. The summed E-state index contributed by atoms with van der Waals surface area (Å²) in [5.41, 5.74) is 6.13. The van der Waals surface area contributed by atoms with E-state index in [9.17, 15) is 4.79 Å². The summed E-state index contributed by atoms with van der Waals surface area (Å²) in [5.74, 6) is 0. The van der Waals surface area contributed by atoms with Crippen LogP contribution in [-0.2, 0) is 0 Å². The molecule has 1 aromatic rings. The minimum Gasteiger partial charge on any atom is -0.267 e. The van der Waals surface area contributed by atoms with Gasteiger partial charge in [0.2, 0.25) is 0 Å². The van der Waals surface area contributed by atoms with Gasteiger partial charge in [-0.2, -0.15) is 10.2 Å². The van der Waals surface area contributed by atoms with Crippen molar-refractivity contribution in [2.75, 3.05) is 5.23 Å². The van der Waals surface area contributed by atoms with E-state index in [2.05, 4.69) is 16.1 Å². The lowest BCUT2D eigenvalue weighted by atomic mass is 10.3. The highest BCUT2D eigenvalue weighted by Crippen LogP contribution is 1.90. The average Bonchev–Trinajstić information content (AvgIpc) is 2.56. The lowest BCUT2D eigenvalue weighted by molar-refractivity contribution is 0.486. The van der Waals surface area contributed by atoms with Crippen molar-refractivity contribution in [3.8, 4) is 0 Å². The van der Waals surface area contributed by atoms with E-state index in [1.807, 2.05) is 13.0 Å². The minimum atomic E-state index is -0.120. The molecule has 0 bridgehead atoms. The first kappa shape index (κ1) is 7.66. The maximum atomic E-state index is 11.4. The molecule has 0 radical (unpaired) electrons. The molecule has 6 nitrogen and oxygen atoms in total. The van der Waals surface area contributed by atoms with Crippen LogP contribution in [0.4, 0.5) is 0 Å². The summed E-state index contributed by atoms with van der Waals surface area (Å²) >= 11 is 0. The molecule has 1 aromatic heterocycles. The van der Waals surface area contributed by atoms with Gasteiger partial charge in [0, 0.05) is 12.3 Å². The second kappa shape index (κ2) is 2.81. The van der Waals surface area contributed by atoms with Crippen LogP contribution in [0.2, 0.25) is 0 Å². The van der Waals surface area contributed by atoms with Crippen molar-refractivity contribution in [2.24, 2.45) is 5.10 Å². The van der Waals surface area contributed by atoms with Crippen LogP contribution in [0.25, 0.3) is 0 Å². The van der Waals surface area contributed by atoms with Crippen LogP contribution >= 0.6 is 0 Å². The van der Waals surface area contributed by atoms with Crippen LogP contribution < -0.4 is 21.7 Å². The molecule has 6 heteroatoms. The Bertz CT molecular complexity index is 388. The van der Waals surface area contributed by atoms with Crippen molar-refractivity contribution in [1.82, 2.24) is 15.6 Å². The maximum Gasteiger partial charge on any atom is 0.272 e. The van der Waals surface area contributed by atoms with Crippen molar-refractivity contribution in [2.45, 2.75) is 6.92 Å². The largest absolute Gasteiger partial charge is 0.272 e. The van der Waals surface area contributed by atoms with E-state index in [-0.39, 0.29) is 5.56 Å². The molecule has 2 N–H and O–H groups in total. The SMILES string of the molecule is Cc1ccn(N2NC=NN2)c(=O)c1. The number of hydrogen-bond donors (Lipinski definition) is 2. The second-order valence-electron chi connectivity index (χ2n) is 2.69. The van der Waals surface area contributed by atoms with Gasteiger partial charge >= 0.3 is 0 Å². The molecule has 0 amide bonds. The Morgan fingerprint density at radius 2 is 2.38 bits per heavy atom. The van der Waals surface area contributed by atoms with Crippen molar-refractivity contribution in [3.63, 3.8) is 0 Å². The number of rotatable bonds is 1. The Balaban J connectivity index is 2.35. The molecule has 0 saturated carbocycles. The molecule has 0 fully saturated rings. The zero-order valence-corrected chi connectivity index (χ0v) is 7.06. The van der Waals surface area contributed by atoms with Gasteiger partial charge in [-0.1, -0.05) is 0 Å². The van der Waals surface area contributed by atoms with Crippen LogP contribution in [0.1, 0.15) is 5.56 Å². The highest BCUT2D eigenvalue weighted by atomic mass is 16.2. The molecular weight excluding hydrogens is 170 g/mol. The Morgan fingerprint density at radius 1 is 1.54 bits per heavy atom. The van der Waals surface area contributed by atoms with Crippen LogP contribution in [0.15, 0.2) is 28.2 Å². The van der Waals surface area contributed by atoms with E-state index in [4.69, 9.17) is 0 Å². The quantitative estimate of drug-likeness (QED) is 0.584. The van der Waals surface area contributed by atoms with Crippen LogP contribution in [0.5, 0.6) is 0 Å². The van der Waals surface area contributed by atoms with Gasteiger partial charge < -0.3 is 0 Å². The van der Waals surface area contributed by atoms with E-state index in [0.29, 0.717) is 0 Å². The number of nitrogens with one attached hydrogen (secondary N) is 2. The van der Waals surface area contributed by atoms with Crippen LogP contribution in [0, 0.1) is 6.92 Å². The molecule has 1 aliphatic heterocycles. The zero-order valence-electron chi connectivity index (χ0n) is 7.06. The standard InChI is InChI=1S/C7H9N5O/c1-6-2-3-11(7(13)4-6)12-9-5-8-10-12/h2-5,10H,1H3,(H,8,9). The van der Waals surface area contributed by atoms with Crippen molar-refractivity contribution >= 4 is 6.34 Å². The summed E-state index contributed by atoms with van der Waals surface area (Å²) in [6.45, 7) is 1.87. The monoisotopic (exact) mass is 179 g/mol. The maximum absolute atomic E-state index is 11.4. The molecule has 0 aliphatic carbocycles. The smallest absolute Gasteiger partial charge is 0.267 e. The Kier molecular flexibility index (Phi) is 1.66. The third kappa shape index (κ3) is 1.33. The fourth-order valence-electron chi connectivity index (χ4n) is 1.04. The van der Waals surface area contributed by atoms with E-state index >= 15 is 0 Å². The Hall–Kier alpha value is -1.98. The first-order valence-electron chi connectivity index (χ1n) is 3.80. The van der Waals surface area contributed by atoms with Crippen LogP contribution in [-0.4, -0.2) is 11.0 Å². The number of pyridine rings is 1. The number of aryl methyl sites for hydroxylation is 1. The summed E-state index contributed by atoms with van der Waals surface area (Å²) in [6.07, 6.45) is 3.11. The molecule has 0 saturated heterocycles. The van der Waals surface area contributed by atoms with Gasteiger partial charge in [-0.05, 0) is 18.6 Å². The van der Waals surface area contributed by atoms with E-state index in [1.165, 1.54) is 16.2 Å². The topological polar surface area (TPSA) is 61.7 Å². The molecule has 1 aliphatic rings. The van der Waals surface area contributed by atoms with Gasteiger partial charge in [-0.3, -0.25) is 10.2 Å². The first-order valence-corrected chi connectivity index (χ1v) is 3.80. The van der Waals surface area contributed by atoms with Crippen molar-refractivity contribution < 1.29 is 0 Å². The summed E-state index contributed by atoms with van der Waals surface area (Å²) < 4.78 is 1.38. The van der Waals surface area contributed by atoms with Gasteiger partial charge in [-0.15, -0.1) is 10.3 Å². The van der Waals surface area contributed by atoms with Crippen LogP contribution in [0.3, 0.4) is 0 Å². The van der Waals surface area contributed by atoms with Gasteiger partial charge in [0.15, 0.2) is 0 Å². The molecule has 2 rings (SSSR count). The number of hydrazone groups is 1. The van der Waals surface area contributed by atoms with Gasteiger partial charge in [0.05, 0.1) is 0 Å². The van der Waals surface area contributed by atoms with E-state index in [1.54, 1.807) is 12.3 Å².